The lowest BCUT2D eigenvalue weighted by molar-refractivity contribution is -0.117. The van der Waals surface area contributed by atoms with E-state index in [1.807, 2.05) is 19.1 Å². The van der Waals surface area contributed by atoms with Crippen molar-refractivity contribution in [3.8, 4) is 23.4 Å². The maximum Gasteiger partial charge on any atom is 0.269 e. The Morgan fingerprint density at radius 2 is 1.94 bits per heavy atom. The zero-order valence-corrected chi connectivity index (χ0v) is 18.6. The second-order valence-corrected chi connectivity index (χ2v) is 7.07. The minimum absolute atomic E-state index is 0.0144. The molecule has 0 bridgehead atoms. The van der Waals surface area contributed by atoms with E-state index in [1.54, 1.807) is 50.7 Å². The summed E-state index contributed by atoms with van der Waals surface area (Å²) in [6, 6.07) is 12.1. The summed E-state index contributed by atoms with van der Waals surface area (Å²) in [4.78, 5) is 30.3. The van der Waals surface area contributed by atoms with E-state index in [0.29, 0.717) is 36.7 Å². The molecule has 1 N–H and O–H groups in total. The molecule has 0 fully saturated rings. The average molecular weight is 448 g/mol. The number of fused-ring (bicyclic) bond motifs is 1. The van der Waals surface area contributed by atoms with Gasteiger partial charge in [0.2, 0.25) is 5.88 Å². The molecule has 0 atom stereocenters. The van der Waals surface area contributed by atoms with Gasteiger partial charge in [0.1, 0.15) is 34.4 Å². The molecule has 3 rings (SSSR count). The third-order valence-corrected chi connectivity index (χ3v) is 4.79. The fourth-order valence-electron chi connectivity index (χ4n) is 3.06. The van der Waals surface area contributed by atoms with Gasteiger partial charge in [-0.2, -0.15) is 10.2 Å². The highest BCUT2D eigenvalue weighted by Crippen LogP contribution is 2.26. The molecule has 1 aromatic carbocycles. The number of pyridine rings is 1. The number of hydrogen-bond donors (Lipinski definition) is 1. The van der Waals surface area contributed by atoms with Gasteiger partial charge in [0, 0.05) is 26.5 Å². The second-order valence-electron chi connectivity index (χ2n) is 7.07. The van der Waals surface area contributed by atoms with Crippen molar-refractivity contribution >= 4 is 17.6 Å². The lowest BCUT2D eigenvalue weighted by Gasteiger charge is -2.12. The number of aromatic nitrogens is 2. The summed E-state index contributed by atoms with van der Waals surface area (Å²) in [7, 11) is 3.12. The lowest BCUT2D eigenvalue weighted by atomic mass is 10.1. The van der Waals surface area contributed by atoms with E-state index in [4.69, 9.17) is 14.2 Å². The quantitative estimate of drug-likeness (QED) is 0.304. The third-order valence-electron chi connectivity index (χ3n) is 4.79. The zero-order valence-electron chi connectivity index (χ0n) is 18.6. The summed E-state index contributed by atoms with van der Waals surface area (Å²) >= 11 is 0. The van der Waals surface area contributed by atoms with E-state index in [2.05, 4.69) is 10.3 Å². The standard InChI is InChI=1S/C24H24N4O5/c1-16-6-4-12-28-21(16)27-23(33-19-9-7-18(32-3)8-10-19)20(24(28)30)14-17(15-25)22(29)26-11-5-13-31-2/h4,6-10,12,14H,5,11,13H2,1-3H3,(H,26,29)/b17-14+. The first-order chi connectivity index (χ1) is 16.0. The van der Waals surface area contributed by atoms with E-state index in [0.717, 1.165) is 5.56 Å². The molecule has 0 aliphatic heterocycles. The highest BCUT2D eigenvalue weighted by atomic mass is 16.5. The highest BCUT2D eigenvalue weighted by Gasteiger charge is 2.18. The Kier molecular flexibility index (Phi) is 7.78. The molecule has 3 aromatic rings. The van der Waals surface area contributed by atoms with E-state index in [-0.39, 0.29) is 17.0 Å². The van der Waals surface area contributed by atoms with Crippen LogP contribution in [0.1, 0.15) is 17.5 Å². The number of nitrogens with one attached hydrogen (secondary N) is 1. The maximum absolute atomic E-state index is 13.3. The molecular weight excluding hydrogens is 424 g/mol. The number of nitriles is 1. The van der Waals surface area contributed by atoms with Crippen LogP contribution in [0.4, 0.5) is 0 Å². The van der Waals surface area contributed by atoms with Crippen LogP contribution in [-0.2, 0) is 9.53 Å². The number of aryl methyl sites for hydroxylation is 1. The fourth-order valence-corrected chi connectivity index (χ4v) is 3.06. The van der Waals surface area contributed by atoms with Crippen LogP contribution in [0.5, 0.6) is 17.4 Å². The molecule has 0 saturated carbocycles. The molecule has 33 heavy (non-hydrogen) atoms. The maximum atomic E-state index is 13.3. The zero-order chi connectivity index (χ0) is 23.8. The van der Waals surface area contributed by atoms with Crippen molar-refractivity contribution in [3.63, 3.8) is 0 Å². The van der Waals surface area contributed by atoms with Gasteiger partial charge in [0.05, 0.1) is 7.11 Å². The molecule has 0 radical (unpaired) electrons. The Morgan fingerprint density at radius 3 is 2.61 bits per heavy atom. The Hall–Kier alpha value is -4.16. The van der Waals surface area contributed by atoms with Gasteiger partial charge in [-0.3, -0.25) is 14.0 Å². The summed E-state index contributed by atoms with van der Waals surface area (Å²) in [6.45, 7) is 2.62. The van der Waals surface area contributed by atoms with Crippen LogP contribution in [0.15, 0.2) is 53.0 Å². The smallest absolute Gasteiger partial charge is 0.269 e. The number of rotatable bonds is 9. The first-order valence-corrected chi connectivity index (χ1v) is 10.2. The van der Waals surface area contributed by atoms with Crippen LogP contribution < -0.4 is 20.3 Å². The van der Waals surface area contributed by atoms with Gasteiger partial charge in [0.25, 0.3) is 11.5 Å². The van der Waals surface area contributed by atoms with Crippen LogP contribution in [0.3, 0.4) is 0 Å². The minimum Gasteiger partial charge on any atom is -0.497 e. The normalized spacial score (nSPS) is 11.2. The molecular formula is C24H24N4O5. The summed E-state index contributed by atoms with van der Waals surface area (Å²) in [6.07, 6.45) is 3.36. The minimum atomic E-state index is -0.599. The third kappa shape index (κ3) is 5.56. The lowest BCUT2D eigenvalue weighted by Crippen LogP contribution is -2.27. The Labute approximate surface area is 190 Å². The molecule has 0 aliphatic rings. The molecule has 0 spiro atoms. The summed E-state index contributed by atoms with van der Waals surface area (Å²) in [5.41, 5.74) is 0.454. The van der Waals surface area contributed by atoms with Gasteiger partial charge >= 0.3 is 0 Å². The first-order valence-electron chi connectivity index (χ1n) is 10.2. The van der Waals surface area contributed by atoms with E-state index in [9.17, 15) is 14.9 Å². The van der Waals surface area contributed by atoms with Gasteiger partial charge in [-0.25, -0.2) is 0 Å². The number of hydrogen-bond acceptors (Lipinski definition) is 7. The predicted molar refractivity (Wildman–Crippen MR) is 122 cm³/mol. The molecule has 0 saturated heterocycles. The number of ether oxygens (including phenoxy) is 3. The average Bonchev–Trinajstić information content (AvgIpc) is 2.83. The Morgan fingerprint density at radius 1 is 1.21 bits per heavy atom. The SMILES string of the molecule is COCCCNC(=O)/C(C#N)=C/c1c(Oc2ccc(OC)cc2)nc2c(C)cccn2c1=O. The molecule has 0 aliphatic carbocycles. The van der Waals surface area contributed by atoms with E-state index < -0.39 is 11.5 Å². The molecule has 2 aromatic heterocycles. The molecule has 2 heterocycles. The van der Waals surface area contributed by atoms with Gasteiger partial charge in [-0.05, 0) is 55.3 Å². The summed E-state index contributed by atoms with van der Waals surface area (Å²) in [5, 5.41) is 12.2. The number of carbonyl (C=O) groups is 1. The van der Waals surface area contributed by atoms with Gasteiger partial charge in [-0.1, -0.05) is 6.07 Å². The van der Waals surface area contributed by atoms with Crippen LogP contribution in [0, 0.1) is 18.3 Å². The van der Waals surface area contributed by atoms with Crippen molar-refractivity contribution in [1.29, 1.82) is 5.26 Å². The molecule has 1 amide bonds. The van der Waals surface area contributed by atoms with Crippen molar-refractivity contribution < 1.29 is 19.0 Å². The molecule has 0 unspecified atom stereocenters. The Balaban J connectivity index is 2.07. The van der Waals surface area contributed by atoms with Crippen molar-refractivity contribution in [3.05, 3.63) is 69.6 Å². The van der Waals surface area contributed by atoms with E-state index in [1.165, 1.54) is 10.5 Å². The monoisotopic (exact) mass is 448 g/mol. The topological polar surface area (TPSA) is 115 Å². The van der Waals surface area contributed by atoms with Gasteiger partial charge in [0.15, 0.2) is 0 Å². The first kappa shape index (κ1) is 23.5. The number of carbonyl (C=O) groups excluding carboxylic acids is 1. The van der Waals surface area contributed by atoms with Crippen LogP contribution in [0.25, 0.3) is 11.7 Å². The second kappa shape index (κ2) is 10.9. The highest BCUT2D eigenvalue weighted by molar-refractivity contribution is 6.01. The Bertz CT molecular complexity index is 1270. The van der Waals surface area contributed by atoms with Crippen molar-refractivity contribution in [1.82, 2.24) is 14.7 Å². The number of amides is 1. The molecule has 9 nitrogen and oxygen atoms in total. The number of nitrogens with zero attached hydrogens (tertiary/aromatic N) is 3. The summed E-state index contributed by atoms with van der Waals surface area (Å²) in [5.74, 6) is 0.441. The van der Waals surface area contributed by atoms with Crippen molar-refractivity contribution in [2.45, 2.75) is 13.3 Å². The van der Waals surface area contributed by atoms with Crippen molar-refractivity contribution in [2.75, 3.05) is 27.4 Å². The van der Waals surface area contributed by atoms with Crippen LogP contribution >= 0.6 is 0 Å². The van der Waals surface area contributed by atoms with Gasteiger partial charge < -0.3 is 19.5 Å². The predicted octanol–water partition coefficient (Wildman–Crippen LogP) is 2.86. The van der Waals surface area contributed by atoms with Crippen molar-refractivity contribution in [2.24, 2.45) is 0 Å². The molecule has 9 heteroatoms. The van der Waals surface area contributed by atoms with Crippen LogP contribution in [0.2, 0.25) is 0 Å². The van der Waals surface area contributed by atoms with Crippen LogP contribution in [-0.4, -0.2) is 42.7 Å². The summed E-state index contributed by atoms with van der Waals surface area (Å²) < 4.78 is 17.4. The number of methoxy groups -OCH3 is 2. The van der Waals surface area contributed by atoms with E-state index >= 15 is 0 Å². The largest absolute Gasteiger partial charge is 0.497 e. The molecule has 170 valence electrons. The fraction of sp³-hybridized carbons (Fsp3) is 0.250. The number of benzene rings is 1. The van der Waals surface area contributed by atoms with Gasteiger partial charge in [-0.15, -0.1) is 0 Å².